The summed E-state index contributed by atoms with van der Waals surface area (Å²) in [4.78, 5) is 27.3. The van der Waals surface area contributed by atoms with Crippen molar-refractivity contribution in [1.29, 1.82) is 0 Å². The minimum absolute atomic E-state index is 0.196. The predicted molar refractivity (Wildman–Crippen MR) is 104 cm³/mol. The molecule has 0 N–H and O–H groups in total. The molecule has 2 atom stereocenters. The van der Waals surface area contributed by atoms with E-state index < -0.39 is 6.04 Å². The molecule has 0 radical (unpaired) electrons. The molecule has 26 heavy (non-hydrogen) atoms. The lowest BCUT2D eigenvalue weighted by atomic mass is 10.1. The van der Waals surface area contributed by atoms with E-state index in [-0.39, 0.29) is 23.9 Å². The fourth-order valence-corrected chi connectivity index (χ4v) is 4.69. The number of esters is 1. The second-order valence-electron chi connectivity index (χ2n) is 6.05. The molecule has 6 heteroatoms. The quantitative estimate of drug-likeness (QED) is 0.724. The van der Waals surface area contributed by atoms with Gasteiger partial charge in [-0.1, -0.05) is 47.5 Å². The monoisotopic (exact) mass is 389 g/mol. The van der Waals surface area contributed by atoms with Crippen LogP contribution in [0.3, 0.4) is 0 Å². The first kappa shape index (κ1) is 18.8. The van der Waals surface area contributed by atoms with Crippen molar-refractivity contribution >= 4 is 35.2 Å². The predicted octanol–water partition coefficient (Wildman–Crippen LogP) is 4.47. The van der Waals surface area contributed by atoms with Crippen LogP contribution in [0.4, 0.5) is 0 Å². The zero-order valence-corrected chi connectivity index (χ0v) is 16.2. The molecule has 0 spiro atoms. The molecule has 4 nitrogen and oxygen atoms in total. The summed E-state index contributed by atoms with van der Waals surface area (Å²) >= 11 is 7.89. The van der Waals surface area contributed by atoms with E-state index in [0.29, 0.717) is 16.3 Å². The molecule has 0 bridgehead atoms. The van der Waals surface area contributed by atoms with Gasteiger partial charge in [0.25, 0.3) is 5.91 Å². The van der Waals surface area contributed by atoms with Crippen LogP contribution in [0.2, 0.25) is 5.02 Å². The maximum absolute atomic E-state index is 13.2. The van der Waals surface area contributed by atoms with Gasteiger partial charge in [-0.05, 0) is 32.0 Å². The summed E-state index contributed by atoms with van der Waals surface area (Å²) < 4.78 is 5.20. The van der Waals surface area contributed by atoms with Crippen molar-refractivity contribution in [2.45, 2.75) is 25.3 Å². The number of carbonyl (C=O) groups excluding carboxylic acids is 2. The second kappa shape index (κ2) is 8.14. The largest absolute Gasteiger partial charge is 0.464 e. The van der Waals surface area contributed by atoms with Gasteiger partial charge in [0.1, 0.15) is 11.4 Å². The van der Waals surface area contributed by atoms with Crippen LogP contribution in [0.1, 0.15) is 33.8 Å². The lowest BCUT2D eigenvalue weighted by Crippen LogP contribution is -2.43. The number of thioether (sulfide) groups is 1. The molecule has 1 saturated heterocycles. The molecule has 3 rings (SSSR count). The van der Waals surface area contributed by atoms with Gasteiger partial charge in [0.2, 0.25) is 0 Å². The topological polar surface area (TPSA) is 46.6 Å². The van der Waals surface area contributed by atoms with Crippen LogP contribution < -0.4 is 0 Å². The summed E-state index contributed by atoms with van der Waals surface area (Å²) in [6.07, 6.45) is 0. The van der Waals surface area contributed by atoms with Gasteiger partial charge in [-0.3, -0.25) is 4.79 Å². The molecular formula is C20H20ClNO3S. The molecule has 136 valence electrons. The van der Waals surface area contributed by atoms with E-state index >= 15 is 0 Å². The van der Waals surface area contributed by atoms with E-state index in [1.165, 1.54) is 11.8 Å². The summed E-state index contributed by atoms with van der Waals surface area (Å²) in [5.41, 5.74) is 2.44. The van der Waals surface area contributed by atoms with Gasteiger partial charge in [-0.2, -0.15) is 0 Å². The minimum Gasteiger partial charge on any atom is -0.464 e. The number of benzene rings is 2. The van der Waals surface area contributed by atoms with E-state index in [2.05, 4.69) is 0 Å². The van der Waals surface area contributed by atoms with Crippen molar-refractivity contribution in [2.24, 2.45) is 0 Å². The molecule has 0 aliphatic carbocycles. The molecule has 0 aromatic heterocycles. The lowest BCUT2D eigenvalue weighted by molar-refractivity contribution is -0.147. The first-order valence-electron chi connectivity index (χ1n) is 8.45. The van der Waals surface area contributed by atoms with Crippen molar-refractivity contribution in [3.8, 4) is 0 Å². The van der Waals surface area contributed by atoms with Crippen LogP contribution in [-0.2, 0) is 9.53 Å². The SMILES string of the molecule is CCOC(=O)C1CSC(c2ccccc2Cl)N1C(=O)c1ccc(C)cc1. The van der Waals surface area contributed by atoms with Crippen molar-refractivity contribution in [3.63, 3.8) is 0 Å². The molecule has 1 aliphatic rings. The number of hydrogen-bond acceptors (Lipinski definition) is 4. The molecular weight excluding hydrogens is 370 g/mol. The first-order chi connectivity index (χ1) is 12.5. The number of rotatable bonds is 4. The van der Waals surface area contributed by atoms with Crippen LogP contribution in [0.5, 0.6) is 0 Å². The van der Waals surface area contributed by atoms with Gasteiger partial charge in [-0.15, -0.1) is 11.8 Å². The van der Waals surface area contributed by atoms with Crippen LogP contribution in [0.15, 0.2) is 48.5 Å². The van der Waals surface area contributed by atoms with Crippen molar-refractivity contribution in [1.82, 2.24) is 4.90 Å². The fraction of sp³-hybridized carbons (Fsp3) is 0.300. The summed E-state index contributed by atoms with van der Waals surface area (Å²) in [5.74, 6) is -0.0974. The highest BCUT2D eigenvalue weighted by molar-refractivity contribution is 7.99. The number of halogens is 1. The maximum Gasteiger partial charge on any atom is 0.329 e. The Labute approximate surface area is 162 Å². The number of nitrogens with zero attached hydrogens (tertiary/aromatic N) is 1. The summed E-state index contributed by atoms with van der Waals surface area (Å²) in [6, 6.07) is 14.1. The van der Waals surface area contributed by atoms with Crippen LogP contribution in [0, 0.1) is 6.92 Å². The Hall–Kier alpha value is -1.98. The molecule has 1 heterocycles. The number of ether oxygens (including phenoxy) is 1. The zero-order chi connectivity index (χ0) is 18.7. The summed E-state index contributed by atoms with van der Waals surface area (Å²) in [5, 5.41) is 0.253. The Bertz CT molecular complexity index is 809. The maximum atomic E-state index is 13.2. The number of hydrogen-bond donors (Lipinski definition) is 0. The molecule has 2 unspecified atom stereocenters. The molecule has 1 aliphatic heterocycles. The van der Waals surface area contributed by atoms with E-state index in [4.69, 9.17) is 16.3 Å². The molecule has 1 amide bonds. The average Bonchev–Trinajstić information content (AvgIpc) is 3.07. The Morgan fingerprint density at radius 1 is 1.19 bits per heavy atom. The van der Waals surface area contributed by atoms with Crippen LogP contribution in [0.25, 0.3) is 0 Å². The van der Waals surface area contributed by atoms with Crippen molar-refractivity contribution in [2.75, 3.05) is 12.4 Å². The Balaban J connectivity index is 1.99. The molecule has 2 aromatic rings. The number of carbonyl (C=O) groups is 2. The summed E-state index contributed by atoms with van der Waals surface area (Å²) in [6.45, 7) is 4.01. The van der Waals surface area contributed by atoms with Crippen molar-refractivity contribution in [3.05, 3.63) is 70.2 Å². The molecule has 1 fully saturated rings. The summed E-state index contributed by atoms with van der Waals surface area (Å²) in [7, 11) is 0. The Morgan fingerprint density at radius 3 is 2.54 bits per heavy atom. The highest BCUT2D eigenvalue weighted by Crippen LogP contribution is 2.44. The number of aryl methyl sites for hydroxylation is 1. The second-order valence-corrected chi connectivity index (χ2v) is 7.57. The van der Waals surface area contributed by atoms with Gasteiger partial charge in [0.15, 0.2) is 0 Å². The average molecular weight is 390 g/mol. The van der Waals surface area contributed by atoms with Crippen LogP contribution >= 0.6 is 23.4 Å². The molecule has 0 saturated carbocycles. The third-order valence-corrected chi connectivity index (χ3v) is 5.91. The Morgan fingerprint density at radius 2 is 1.88 bits per heavy atom. The van der Waals surface area contributed by atoms with E-state index in [1.807, 2.05) is 37.3 Å². The Kier molecular flexibility index (Phi) is 5.89. The number of amides is 1. The lowest BCUT2D eigenvalue weighted by Gasteiger charge is -2.29. The molecule has 2 aromatic carbocycles. The normalized spacial score (nSPS) is 19.4. The van der Waals surface area contributed by atoms with Gasteiger partial charge in [0, 0.05) is 21.9 Å². The van der Waals surface area contributed by atoms with E-state index in [0.717, 1.165) is 11.1 Å². The van der Waals surface area contributed by atoms with Gasteiger partial charge >= 0.3 is 5.97 Å². The van der Waals surface area contributed by atoms with Crippen LogP contribution in [-0.4, -0.2) is 35.2 Å². The van der Waals surface area contributed by atoms with E-state index in [9.17, 15) is 9.59 Å². The van der Waals surface area contributed by atoms with Gasteiger partial charge < -0.3 is 9.64 Å². The standard InChI is InChI=1S/C20H20ClNO3S/c1-3-25-20(24)17-12-26-19(15-6-4-5-7-16(15)21)22(17)18(23)14-10-8-13(2)9-11-14/h4-11,17,19H,3,12H2,1-2H3. The van der Waals surface area contributed by atoms with Gasteiger partial charge in [-0.25, -0.2) is 4.79 Å². The van der Waals surface area contributed by atoms with Gasteiger partial charge in [0.05, 0.1) is 6.61 Å². The first-order valence-corrected chi connectivity index (χ1v) is 9.87. The zero-order valence-electron chi connectivity index (χ0n) is 14.6. The van der Waals surface area contributed by atoms with E-state index in [1.54, 1.807) is 30.0 Å². The third-order valence-electron chi connectivity index (χ3n) is 4.26. The smallest absolute Gasteiger partial charge is 0.329 e. The fourth-order valence-electron chi connectivity index (χ4n) is 2.93. The minimum atomic E-state index is -0.630. The highest BCUT2D eigenvalue weighted by Gasteiger charge is 2.43. The highest BCUT2D eigenvalue weighted by atomic mass is 35.5. The van der Waals surface area contributed by atoms with Crippen molar-refractivity contribution < 1.29 is 14.3 Å². The third kappa shape index (κ3) is 3.74.